The van der Waals surface area contributed by atoms with Crippen LogP contribution in [0.3, 0.4) is 0 Å². The average Bonchev–Trinajstić information content (AvgIpc) is 3.06. The third-order valence-electron chi connectivity index (χ3n) is 5.25. The molecule has 0 aliphatic carbocycles. The highest BCUT2D eigenvalue weighted by Crippen LogP contribution is 2.40. The molecule has 0 N–H and O–H groups in total. The van der Waals surface area contributed by atoms with Crippen LogP contribution in [0.1, 0.15) is 25.0 Å². The highest BCUT2D eigenvalue weighted by Gasteiger charge is 2.25. The number of aromatic nitrogens is 2. The standard InChI is InChI=1S/C24H30N4O/c1-18(2)29-21-10-11-22-23(14-21)28(17-20-16-27(4)25-24(20)22)13-12-26(3)15-19-8-6-5-7-9-19/h5-11,14,16,18H,12-13,15,17H2,1-4H3. The Hall–Kier alpha value is -2.79. The van der Waals surface area contributed by atoms with Crippen molar-refractivity contribution in [3.63, 3.8) is 0 Å². The van der Waals surface area contributed by atoms with Crippen LogP contribution in [0.2, 0.25) is 0 Å². The van der Waals surface area contributed by atoms with Gasteiger partial charge < -0.3 is 14.5 Å². The quantitative estimate of drug-likeness (QED) is 0.601. The van der Waals surface area contributed by atoms with E-state index in [1.165, 1.54) is 22.4 Å². The smallest absolute Gasteiger partial charge is 0.121 e. The van der Waals surface area contributed by atoms with Crippen LogP contribution in [-0.4, -0.2) is 40.9 Å². The minimum atomic E-state index is 0.160. The molecule has 5 heteroatoms. The Bertz CT molecular complexity index is 964. The average molecular weight is 391 g/mol. The van der Waals surface area contributed by atoms with E-state index in [9.17, 15) is 0 Å². The van der Waals surface area contributed by atoms with Crippen molar-refractivity contribution in [2.45, 2.75) is 33.0 Å². The zero-order chi connectivity index (χ0) is 20.4. The maximum Gasteiger partial charge on any atom is 0.121 e. The Morgan fingerprint density at radius 2 is 1.93 bits per heavy atom. The summed E-state index contributed by atoms with van der Waals surface area (Å²) in [5.41, 5.74) is 6.11. The van der Waals surface area contributed by atoms with E-state index in [-0.39, 0.29) is 6.10 Å². The minimum absolute atomic E-state index is 0.160. The molecule has 1 aromatic heterocycles. The van der Waals surface area contributed by atoms with Crippen molar-refractivity contribution in [2.24, 2.45) is 7.05 Å². The second-order valence-corrected chi connectivity index (χ2v) is 8.17. The summed E-state index contributed by atoms with van der Waals surface area (Å²) in [6, 6.07) is 17.0. The number of benzene rings is 2. The van der Waals surface area contributed by atoms with Gasteiger partial charge in [-0.2, -0.15) is 5.10 Å². The van der Waals surface area contributed by atoms with Crippen molar-refractivity contribution in [3.8, 4) is 17.0 Å². The van der Waals surface area contributed by atoms with E-state index in [4.69, 9.17) is 9.84 Å². The predicted molar refractivity (Wildman–Crippen MR) is 118 cm³/mol. The van der Waals surface area contributed by atoms with Crippen LogP contribution in [0.5, 0.6) is 5.75 Å². The Morgan fingerprint density at radius 1 is 1.14 bits per heavy atom. The molecule has 1 aliphatic heterocycles. The zero-order valence-corrected chi connectivity index (χ0v) is 17.8. The van der Waals surface area contributed by atoms with Crippen molar-refractivity contribution in [1.82, 2.24) is 14.7 Å². The van der Waals surface area contributed by atoms with Gasteiger partial charge in [0, 0.05) is 56.6 Å². The summed E-state index contributed by atoms with van der Waals surface area (Å²) in [5.74, 6) is 0.917. The number of hydrogen-bond donors (Lipinski definition) is 0. The highest BCUT2D eigenvalue weighted by molar-refractivity contribution is 5.82. The first-order valence-electron chi connectivity index (χ1n) is 10.3. The van der Waals surface area contributed by atoms with Gasteiger partial charge in [0.15, 0.2) is 0 Å². The highest BCUT2D eigenvalue weighted by atomic mass is 16.5. The first kappa shape index (κ1) is 19.5. The number of hydrogen-bond acceptors (Lipinski definition) is 4. The van der Waals surface area contributed by atoms with Crippen molar-refractivity contribution >= 4 is 5.69 Å². The van der Waals surface area contributed by atoms with Crippen LogP contribution >= 0.6 is 0 Å². The molecule has 0 amide bonds. The van der Waals surface area contributed by atoms with Gasteiger partial charge in [-0.3, -0.25) is 4.68 Å². The number of anilines is 1. The van der Waals surface area contributed by atoms with Crippen LogP contribution in [0, 0.1) is 0 Å². The molecule has 0 fully saturated rings. The van der Waals surface area contributed by atoms with Crippen LogP contribution < -0.4 is 9.64 Å². The number of rotatable bonds is 7. The van der Waals surface area contributed by atoms with E-state index < -0.39 is 0 Å². The van der Waals surface area contributed by atoms with E-state index in [2.05, 4.69) is 85.4 Å². The number of ether oxygens (including phenoxy) is 1. The summed E-state index contributed by atoms with van der Waals surface area (Å²) in [4.78, 5) is 4.83. The number of fused-ring (bicyclic) bond motifs is 3. The van der Waals surface area contributed by atoms with E-state index in [1.54, 1.807) is 0 Å². The second-order valence-electron chi connectivity index (χ2n) is 8.17. The second kappa shape index (κ2) is 8.29. The molecule has 2 heterocycles. The van der Waals surface area contributed by atoms with E-state index in [1.807, 2.05) is 11.7 Å². The van der Waals surface area contributed by atoms with Crippen LogP contribution in [-0.2, 0) is 20.1 Å². The van der Waals surface area contributed by atoms with E-state index in [0.29, 0.717) is 0 Å². The van der Waals surface area contributed by atoms with Crippen molar-refractivity contribution in [2.75, 3.05) is 25.0 Å². The summed E-state index contributed by atoms with van der Waals surface area (Å²) in [7, 11) is 4.18. The first-order chi connectivity index (χ1) is 14.0. The fourth-order valence-corrected chi connectivity index (χ4v) is 3.95. The Morgan fingerprint density at radius 3 is 2.69 bits per heavy atom. The molecule has 0 atom stereocenters. The molecule has 0 spiro atoms. The van der Waals surface area contributed by atoms with Gasteiger partial charge in [0.05, 0.1) is 17.5 Å². The molecule has 2 aromatic carbocycles. The van der Waals surface area contributed by atoms with Crippen molar-refractivity contribution in [1.29, 1.82) is 0 Å². The number of aryl methyl sites for hydroxylation is 1. The maximum absolute atomic E-state index is 5.96. The Labute approximate surface area is 173 Å². The van der Waals surface area contributed by atoms with Gasteiger partial charge in [0.2, 0.25) is 0 Å². The van der Waals surface area contributed by atoms with Crippen molar-refractivity contribution < 1.29 is 4.74 Å². The summed E-state index contributed by atoms with van der Waals surface area (Å²) in [5, 5.41) is 4.71. The molecule has 0 bridgehead atoms. The van der Waals surface area contributed by atoms with Crippen LogP contribution in [0.15, 0.2) is 54.7 Å². The van der Waals surface area contributed by atoms with Gasteiger partial charge in [-0.25, -0.2) is 0 Å². The third-order valence-corrected chi connectivity index (χ3v) is 5.25. The first-order valence-corrected chi connectivity index (χ1v) is 10.3. The van der Waals surface area contributed by atoms with E-state index in [0.717, 1.165) is 37.6 Å². The van der Waals surface area contributed by atoms with Crippen LogP contribution in [0.25, 0.3) is 11.3 Å². The lowest BCUT2D eigenvalue weighted by atomic mass is 10.00. The zero-order valence-electron chi connectivity index (χ0n) is 17.8. The van der Waals surface area contributed by atoms with Gasteiger partial charge in [0.1, 0.15) is 5.75 Å². The predicted octanol–water partition coefficient (Wildman–Crippen LogP) is 4.33. The summed E-state index contributed by atoms with van der Waals surface area (Å²) in [6.07, 6.45) is 2.30. The number of nitrogens with zero attached hydrogens (tertiary/aromatic N) is 4. The van der Waals surface area contributed by atoms with Gasteiger partial charge in [-0.15, -0.1) is 0 Å². The number of likely N-dealkylation sites (N-methyl/N-ethyl adjacent to an activating group) is 1. The topological polar surface area (TPSA) is 33.5 Å². The normalized spacial score (nSPS) is 13.0. The maximum atomic E-state index is 5.96. The minimum Gasteiger partial charge on any atom is -0.491 e. The van der Waals surface area contributed by atoms with Gasteiger partial charge >= 0.3 is 0 Å². The molecule has 0 unspecified atom stereocenters. The third kappa shape index (κ3) is 4.46. The molecule has 0 radical (unpaired) electrons. The summed E-state index contributed by atoms with van der Waals surface area (Å²) in [6.45, 7) is 7.89. The summed E-state index contributed by atoms with van der Waals surface area (Å²) >= 11 is 0. The Kier molecular flexibility index (Phi) is 5.58. The molecule has 0 saturated heterocycles. The molecule has 4 rings (SSSR count). The van der Waals surface area contributed by atoms with Gasteiger partial charge in [0.25, 0.3) is 0 Å². The molecule has 3 aromatic rings. The van der Waals surface area contributed by atoms with Gasteiger partial charge in [-0.1, -0.05) is 30.3 Å². The molecule has 29 heavy (non-hydrogen) atoms. The fourth-order valence-electron chi connectivity index (χ4n) is 3.95. The Balaban J connectivity index is 1.54. The summed E-state index contributed by atoms with van der Waals surface area (Å²) < 4.78 is 7.88. The monoisotopic (exact) mass is 390 g/mol. The van der Waals surface area contributed by atoms with Crippen molar-refractivity contribution in [3.05, 3.63) is 65.9 Å². The molecular formula is C24H30N4O. The molecule has 0 saturated carbocycles. The lowest BCUT2D eigenvalue weighted by molar-refractivity contribution is 0.242. The van der Waals surface area contributed by atoms with Gasteiger partial charge in [-0.05, 0) is 38.6 Å². The van der Waals surface area contributed by atoms with E-state index >= 15 is 0 Å². The lowest BCUT2D eigenvalue weighted by Gasteiger charge is -2.32. The largest absolute Gasteiger partial charge is 0.491 e. The molecule has 152 valence electrons. The fraction of sp³-hybridized carbons (Fsp3) is 0.375. The molecule has 5 nitrogen and oxygen atoms in total. The molecular weight excluding hydrogens is 360 g/mol. The molecule has 1 aliphatic rings. The van der Waals surface area contributed by atoms with Crippen LogP contribution in [0.4, 0.5) is 5.69 Å². The lowest BCUT2D eigenvalue weighted by Crippen LogP contribution is -2.34. The SMILES string of the molecule is CC(C)Oc1ccc2c(c1)N(CCN(C)Cc1ccccc1)Cc1cn(C)nc1-2.